The van der Waals surface area contributed by atoms with Crippen molar-refractivity contribution in [2.45, 2.75) is 96.2 Å². The molecule has 0 unspecified atom stereocenters. The summed E-state index contributed by atoms with van der Waals surface area (Å²) in [5.74, 6) is 0.547. The topological polar surface area (TPSA) is 142 Å². The Labute approximate surface area is 305 Å². The molecule has 0 saturated heterocycles. The predicted octanol–water partition coefficient (Wildman–Crippen LogP) is 7.48. The quantitative estimate of drug-likeness (QED) is 0.141. The van der Waals surface area contributed by atoms with Gasteiger partial charge in [-0.15, -0.1) is 0 Å². The number of carbonyl (C=O) groups excluding carboxylic acids is 3. The Morgan fingerprint density at radius 1 is 0.981 bits per heavy atom. The molecule has 272 valence electrons. The number of carbonyl (C=O) groups is 3. The molecule has 2 amide bonds. The first-order valence-corrected chi connectivity index (χ1v) is 19.3. The molecule has 1 saturated carbocycles. The Kier molecular flexibility index (Phi) is 10.5. The summed E-state index contributed by atoms with van der Waals surface area (Å²) in [6, 6.07) is 18.9. The molecule has 11 nitrogen and oxygen atoms in total. The van der Waals surface area contributed by atoms with Crippen LogP contribution in [0.3, 0.4) is 0 Å². The molecule has 52 heavy (non-hydrogen) atoms. The highest BCUT2D eigenvalue weighted by atomic mass is 32.2. The minimum absolute atomic E-state index is 0.0261. The summed E-state index contributed by atoms with van der Waals surface area (Å²) in [4.78, 5) is 47.9. The number of aryl methyl sites for hydroxylation is 1. The van der Waals surface area contributed by atoms with Gasteiger partial charge in [-0.25, -0.2) is 13.1 Å². The first kappa shape index (κ1) is 36.7. The molecular formula is C40H45N5O6S. The molecule has 1 fully saturated rings. The molecule has 1 aromatic heterocycles. The molecule has 0 radical (unpaired) electrons. The van der Waals surface area contributed by atoms with E-state index in [1.165, 1.54) is 13.0 Å². The van der Waals surface area contributed by atoms with E-state index >= 15 is 0 Å². The number of anilines is 1. The van der Waals surface area contributed by atoms with Gasteiger partial charge in [-0.3, -0.25) is 24.3 Å². The molecule has 6 rings (SSSR count). The third kappa shape index (κ3) is 7.30. The summed E-state index contributed by atoms with van der Waals surface area (Å²) in [5.41, 5.74) is 3.99. The van der Waals surface area contributed by atoms with Crippen molar-refractivity contribution in [1.82, 2.24) is 15.0 Å². The van der Waals surface area contributed by atoms with Gasteiger partial charge in [0.2, 0.25) is 5.88 Å². The maximum Gasteiger partial charge on any atom is 0.264 e. The van der Waals surface area contributed by atoms with E-state index in [0.29, 0.717) is 45.6 Å². The van der Waals surface area contributed by atoms with Gasteiger partial charge in [0.1, 0.15) is 11.4 Å². The van der Waals surface area contributed by atoms with Crippen LogP contribution in [0.1, 0.15) is 102 Å². The minimum Gasteiger partial charge on any atom is -0.337 e. The van der Waals surface area contributed by atoms with Crippen LogP contribution in [0.25, 0.3) is 11.1 Å². The number of sulfonamides is 1. The fraction of sp³-hybridized carbons (Fsp3) is 0.375. The van der Waals surface area contributed by atoms with Gasteiger partial charge in [-0.05, 0) is 74.9 Å². The fourth-order valence-corrected chi connectivity index (χ4v) is 8.30. The Bertz CT molecular complexity index is 2150. The maximum atomic E-state index is 14.0. The van der Waals surface area contributed by atoms with Crippen molar-refractivity contribution in [3.63, 3.8) is 0 Å². The number of amidine groups is 1. The van der Waals surface area contributed by atoms with Gasteiger partial charge in [0.25, 0.3) is 21.8 Å². The molecule has 1 aliphatic carbocycles. The summed E-state index contributed by atoms with van der Waals surface area (Å²) in [6.45, 7) is 7.50. The normalized spacial score (nSPS) is 15.3. The number of nitrogens with zero attached hydrogens (tertiary/aromatic N) is 4. The number of unbranched alkanes of at least 4 members (excludes halogenated alkanes) is 1. The van der Waals surface area contributed by atoms with Crippen LogP contribution in [0.4, 0.5) is 5.88 Å². The highest BCUT2D eigenvalue weighted by Gasteiger charge is 2.49. The summed E-state index contributed by atoms with van der Waals surface area (Å²) in [5, 5.41) is 3.89. The largest absolute Gasteiger partial charge is 0.337 e. The van der Waals surface area contributed by atoms with E-state index in [2.05, 4.69) is 16.8 Å². The lowest BCUT2D eigenvalue weighted by molar-refractivity contribution is -0.131. The number of hydrogen-bond acceptors (Lipinski definition) is 8. The van der Waals surface area contributed by atoms with Gasteiger partial charge < -0.3 is 9.42 Å². The average molecular weight is 724 g/mol. The fourth-order valence-electron chi connectivity index (χ4n) is 7.03. The van der Waals surface area contributed by atoms with E-state index in [1.54, 1.807) is 68.3 Å². The molecule has 2 aliphatic rings. The molecule has 0 atom stereocenters. The van der Waals surface area contributed by atoms with E-state index in [0.717, 1.165) is 56.3 Å². The van der Waals surface area contributed by atoms with E-state index in [9.17, 15) is 22.8 Å². The number of benzene rings is 3. The average Bonchev–Trinajstić information content (AvgIpc) is 3.81. The van der Waals surface area contributed by atoms with Crippen LogP contribution in [-0.2, 0) is 27.9 Å². The Balaban J connectivity index is 1.39. The second-order valence-corrected chi connectivity index (χ2v) is 15.5. The van der Waals surface area contributed by atoms with Crippen molar-refractivity contribution in [2.24, 2.45) is 4.99 Å². The molecule has 0 bridgehead atoms. The van der Waals surface area contributed by atoms with Gasteiger partial charge >= 0.3 is 0 Å². The van der Waals surface area contributed by atoms with Crippen LogP contribution in [0.15, 0.2) is 81.1 Å². The summed E-state index contributed by atoms with van der Waals surface area (Å²) in [7, 11) is -2.46. The molecule has 1 aliphatic heterocycles. The number of hydrogen-bond donors (Lipinski definition) is 1. The lowest BCUT2D eigenvalue weighted by Crippen LogP contribution is -2.40. The summed E-state index contributed by atoms with van der Waals surface area (Å²) < 4.78 is 35.6. The van der Waals surface area contributed by atoms with E-state index in [-0.39, 0.29) is 34.9 Å². The van der Waals surface area contributed by atoms with Crippen LogP contribution in [-0.4, -0.2) is 59.4 Å². The van der Waals surface area contributed by atoms with Crippen molar-refractivity contribution >= 4 is 39.3 Å². The lowest BCUT2D eigenvalue weighted by atomic mass is 9.95. The zero-order chi connectivity index (χ0) is 37.2. The first-order chi connectivity index (χ1) is 24.8. The highest BCUT2D eigenvalue weighted by Crippen LogP contribution is 2.40. The number of ketones is 1. The van der Waals surface area contributed by atoms with Crippen LogP contribution in [0.2, 0.25) is 0 Å². The zero-order valence-corrected chi connectivity index (χ0v) is 31.2. The number of rotatable bonds is 13. The van der Waals surface area contributed by atoms with Crippen molar-refractivity contribution < 1.29 is 27.3 Å². The number of amides is 2. The number of aliphatic imine (C=N–C) groups is 1. The van der Waals surface area contributed by atoms with Crippen LogP contribution < -0.4 is 4.72 Å². The second-order valence-electron chi connectivity index (χ2n) is 13.9. The second kappa shape index (κ2) is 14.9. The molecule has 4 aromatic rings. The summed E-state index contributed by atoms with van der Waals surface area (Å²) in [6.07, 6.45) is 6.11. The molecule has 1 N–H and O–H groups in total. The summed E-state index contributed by atoms with van der Waals surface area (Å²) >= 11 is 0. The highest BCUT2D eigenvalue weighted by molar-refractivity contribution is 7.92. The van der Waals surface area contributed by atoms with Crippen molar-refractivity contribution in [1.29, 1.82) is 0 Å². The molecule has 1 spiro atoms. The first-order valence-electron chi connectivity index (χ1n) is 17.8. The number of aromatic nitrogens is 1. The van der Waals surface area contributed by atoms with Gasteiger partial charge in [-0.2, -0.15) is 0 Å². The molecule has 12 heteroatoms. The third-order valence-electron chi connectivity index (χ3n) is 10.1. The molecular weight excluding hydrogens is 679 g/mol. The third-order valence-corrected chi connectivity index (χ3v) is 11.5. The monoisotopic (exact) mass is 723 g/mol. The van der Waals surface area contributed by atoms with E-state index < -0.39 is 15.6 Å². The number of nitrogens with one attached hydrogen (secondary N) is 1. The standard InChI is InChI=1S/C40H45N5O6S/c1-6-7-14-36-41-40(21-10-11-22-40)39(48)45(36)24-29-15-20-33(32(23-29)25-44(5)38(47)31-18-16-30(17-19-31)28(4)46)34-12-8-9-13-35(34)52(49,50)43-37-26(2)27(3)42-51-37/h8-9,12-13,15-20,23,43H,6-7,10-11,14,21-22,24-25H2,1-5H3. The predicted molar refractivity (Wildman–Crippen MR) is 200 cm³/mol. The van der Waals surface area contributed by atoms with Crippen LogP contribution >= 0.6 is 0 Å². The van der Waals surface area contributed by atoms with Crippen molar-refractivity contribution in [3.8, 4) is 11.1 Å². The minimum atomic E-state index is -4.14. The number of Topliss-reactive ketones (excluding diaryl/α,β-unsaturated/α-hetero) is 1. The Hall–Kier alpha value is -5.10. The Morgan fingerprint density at radius 3 is 2.33 bits per heavy atom. The van der Waals surface area contributed by atoms with Gasteiger partial charge in [-0.1, -0.05) is 79.9 Å². The van der Waals surface area contributed by atoms with E-state index in [4.69, 9.17) is 9.52 Å². The smallest absolute Gasteiger partial charge is 0.264 e. The van der Waals surface area contributed by atoms with Gasteiger partial charge in [0.15, 0.2) is 5.78 Å². The van der Waals surface area contributed by atoms with E-state index in [1.807, 2.05) is 23.1 Å². The maximum absolute atomic E-state index is 14.0. The van der Waals surface area contributed by atoms with Crippen LogP contribution in [0, 0.1) is 13.8 Å². The lowest BCUT2D eigenvalue weighted by Gasteiger charge is -2.24. The van der Waals surface area contributed by atoms with Gasteiger partial charge in [0.05, 0.1) is 17.1 Å². The van der Waals surface area contributed by atoms with Gasteiger partial charge in [0, 0.05) is 42.3 Å². The molecule has 2 heterocycles. The van der Waals surface area contributed by atoms with Crippen molar-refractivity contribution in [3.05, 3.63) is 100 Å². The zero-order valence-electron chi connectivity index (χ0n) is 30.4. The molecule has 3 aromatic carbocycles. The SMILES string of the molecule is CCCCC1=NC2(CCCC2)C(=O)N1Cc1ccc(-c2ccccc2S(=O)(=O)Nc2onc(C)c2C)c(CN(C)C(=O)c2ccc(C(C)=O)cc2)c1. The Morgan fingerprint density at radius 2 is 1.67 bits per heavy atom. The van der Waals surface area contributed by atoms with Crippen LogP contribution in [0.5, 0.6) is 0 Å². The van der Waals surface area contributed by atoms with Crippen molar-refractivity contribution in [2.75, 3.05) is 11.8 Å².